The lowest BCUT2D eigenvalue weighted by atomic mass is 9.63. The van der Waals surface area contributed by atoms with Crippen LogP contribution in [-0.4, -0.2) is 35.6 Å². The first-order valence-electron chi connectivity index (χ1n) is 7.72. The molecule has 0 saturated heterocycles. The molecule has 0 spiro atoms. The van der Waals surface area contributed by atoms with Crippen molar-refractivity contribution in [3.63, 3.8) is 0 Å². The van der Waals surface area contributed by atoms with Crippen molar-refractivity contribution < 1.29 is 9.90 Å². The van der Waals surface area contributed by atoms with E-state index in [4.69, 9.17) is 11.6 Å². The number of aliphatic hydroxyl groups excluding tert-OH is 1. The fourth-order valence-corrected chi connectivity index (χ4v) is 3.49. The second-order valence-corrected chi connectivity index (χ2v) is 6.97. The first kappa shape index (κ1) is 14.9. The van der Waals surface area contributed by atoms with Gasteiger partial charge in [0.25, 0.3) is 0 Å². The highest BCUT2D eigenvalue weighted by Gasteiger charge is 2.47. The number of nitrogens with zero attached hydrogens (tertiary/aromatic N) is 1. The molecule has 1 aromatic rings. The number of likely N-dealkylation sites (N-methyl/N-ethyl adjacent to an activating group) is 1. The van der Waals surface area contributed by atoms with Crippen molar-refractivity contribution in [2.75, 3.05) is 13.6 Å². The van der Waals surface area contributed by atoms with Gasteiger partial charge >= 0.3 is 0 Å². The molecule has 1 N–H and O–H groups in total. The maximum atomic E-state index is 12.9. The molecule has 114 valence electrons. The number of benzene rings is 1. The van der Waals surface area contributed by atoms with Gasteiger partial charge in [-0.3, -0.25) is 4.79 Å². The Kier molecular flexibility index (Phi) is 3.98. The first-order chi connectivity index (χ1) is 10.0. The number of rotatable bonds is 5. The van der Waals surface area contributed by atoms with E-state index in [2.05, 4.69) is 0 Å². The van der Waals surface area contributed by atoms with Crippen LogP contribution in [0.2, 0.25) is 5.02 Å². The zero-order valence-corrected chi connectivity index (χ0v) is 13.1. The summed E-state index contributed by atoms with van der Waals surface area (Å²) < 4.78 is 0. The van der Waals surface area contributed by atoms with Crippen LogP contribution in [0.5, 0.6) is 0 Å². The topological polar surface area (TPSA) is 40.5 Å². The van der Waals surface area contributed by atoms with Gasteiger partial charge in [-0.15, -0.1) is 0 Å². The van der Waals surface area contributed by atoms with Crippen LogP contribution in [0.1, 0.15) is 37.7 Å². The van der Waals surface area contributed by atoms with Crippen LogP contribution >= 0.6 is 11.6 Å². The molecule has 1 unspecified atom stereocenters. The van der Waals surface area contributed by atoms with Crippen molar-refractivity contribution in [1.82, 2.24) is 4.90 Å². The zero-order valence-electron chi connectivity index (χ0n) is 12.4. The normalized spacial score (nSPS) is 21.5. The quantitative estimate of drug-likeness (QED) is 0.908. The van der Waals surface area contributed by atoms with E-state index in [1.54, 1.807) is 11.9 Å². The molecule has 1 atom stereocenters. The molecule has 0 aliphatic heterocycles. The van der Waals surface area contributed by atoms with Crippen LogP contribution in [0.15, 0.2) is 24.3 Å². The number of hydrogen-bond donors (Lipinski definition) is 1. The highest BCUT2D eigenvalue weighted by Crippen LogP contribution is 2.45. The maximum absolute atomic E-state index is 12.9. The summed E-state index contributed by atoms with van der Waals surface area (Å²) in [7, 11) is 1.80. The molecule has 2 aliphatic rings. The standard InChI is InChI=1S/C17H22ClNO2/c1-19(11-15(20)12-6-7-12)16(21)17(8-3-9-17)13-4-2-5-14(18)10-13/h2,4-5,10,12,15,20H,3,6-9,11H2,1H3. The molecule has 4 heteroatoms. The number of amides is 1. The fourth-order valence-electron chi connectivity index (χ4n) is 3.30. The summed E-state index contributed by atoms with van der Waals surface area (Å²) in [6, 6.07) is 7.64. The summed E-state index contributed by atoms with van der Waals surface area (Å²) in [6.07, 6.45) is 4.60. The van der Waals surface area contributed by atoms with Gasteiger partial charge < -0.3 is 10.0 Å². The molecule has 2 aliphatic carbocycles. The lowest BCUT2D eigenvalue weighted by Gasteiger charge is -2.43. The van der Waals surface area contributed by atoms with E-state index in [1.807, 2.05) is 24.3 Å². The summed E-state index contributed by atoms with van der Waals surface area (Å²) >= 11 is 6.09. The van der Waals surface area contributed by atoms with Crippen molar-refractivity contribution in [2.24, 2.45) is 5.92 Å². The van der Waals surface area contributed by atoms with Crippen molar-refractivity contribution in [1.29, 1.82) is 0 Å². The van der Waals surface area contributed by atoms with Gasteiger partial charge in [0.05, 0.1) is 11.5 Å². The SMILES string of the molecule is CN(CC(O)C1CC1)C(=O)C1(c2cccc(Cl)c2)CCC1. The second kappa shape index (κ2) is 5.62. The van der Waals surface area contributed by atoms with Crippen molar-refractivity contribution in [3.8, 4) is 0 Å². The molecule has 0 heterocycles. The predicted molar refractivity (Wildman–Crippen MR) is 83.3 cm³/mol. The highest BCUT2D eigenvalue weighted by atomic mass is 35.5. The van der Waals surface area contributed by atoms with Crippen LogP contribution < -0.4 is 0 Å². The lowest BCUT2D eigenvalue weighted by molar-refractivity contribution is -0.141. The van der Waals surface area contributed by atoms with Gasteiger partial charge in [-0.25, -0.2) is 0 Å². The first-order valence-corrected chi connectivity index (χ1v) is 8.10. The zero-order chi connectivity index (χ0) is 15.0. The molecule has 3 rings (SSSR count). The van der Waals surface area contributed by atoms with Crippen molar-refractivity contribution in [2.45, 2.75) is 43.6 Å². The molecule has 2 fully saturated rings. The molecule has 1 aromatic carbocycles. The third kappa shape index (κ3) is 2.82. The summed E-state index contributed by atoms with van der Waals surface area (Å²) in [5, 5.41) is 10.7. The lowest BCUT2D eigenvalue weighted by Crippen LogP contribution is -2.51. The average molecular weight is 308 g/mol. The minimum absolute atomic E-state index is 0.121. The Morgan fingerprint density at radius 2 is 2.19 bits per heavy atom. The Balaban J connectivity index is 1.76. The van der Waals surface area contributed by atoms with E-state index in [1.165, 1.54) is 0 Å². The Bertz CT molecular complexity index is 537. The monoisotopic (exact) mass is 307 g/mol. The number of halogens is 1. The van der Waals surface area contributed by atoms with Gasteiger partial charge in [-0.05, 0) is 49.3 Å². The van der Waals surface area contributed by atoms with Gasteiger partial charge in [0, 0.05) is 18.6 Å². The van der Waals surface area contributed by atoms with Crippen LogP contribution in [0.3, 0.4) is 0 Å². The van der Waals surface area contributed by atoms with Crippen LogP contribution in [0.25, 0.3) is 0 Å². The molecule has 21 heavy (non-hydrogen) atoms. The van der Waals surface area contributed by atoms with E-state index in [-0.39, 0.29) is 12.0 Å². The molecule has 1 amide bonds. The predicted octanol–water partition coefficient (Wildman–Crippen LogP) is 2.99. The molecule has 0 radical (unpaired) electrons. The van der Waals surface area contributed by atoms with Gasteiger partial charge in [-0.1, -0.05) is 30.2 Å². The Morgan fingerprint density at radius 3 is 2.71 bits per heavy atom. The number of carbonyl (C=O) groups excluding carboxylic acids is 1. The van der Waals surface area contributed by atoms with E-state index in [0.717, 1.165) is 37.7 Å². The summed E-state index contributed by atoms with van der Waals surface area (Å²) in [4.78, 5) is 14.6. The van der Waals surface area contributed by atoms with Crippen LogP contribution in [-0.2, 0) is 10.2 Å². The summed E-state index contributed by atoms with van der Waals surface area (Å²) in [5.41, 5.74) is 0.585. The van der Waals surface area contributed by atoms with Crippen LogP contribution in [0.4, 0.5) is 0 Å². The Labute approximate surface area is 130 Å². The minimum atomic E-state index is -0.428. The van der Waals surface area contributed by atoms with Crippen molar-refractivity contribution in [3.05, 3.63) is 34.9 Å². The van der Waals surface area contributed by atoms with Crippen LogP contribution in [0, 0.1) is 5.92 Å². The average Bonchev–Trinajstić information content (AvgIpc) is 3.21. The largest absolute Gasteiger partial charge is 0.391 e. The van der Waals surface area contributed by atoms with Gasteiger partial charge in [-0.2, -0.15) is 0 Å². The van der Waals surface area contributed by atoms with E-state index >= 15 is 0 Å². The number of aliphatic hydroxyl groups is 1. The second-order valence-electron chi connectivity index (χ2n) is 6.54. The van der Waals surface area contributed by atoms with E-state index in [0.29, 0.717) is 17.5 Å². The van der Waals surface area contributed by atoms with Gasteiger partial charge in [0.2, 0.25) is 5.91 Å². The van der Waals surface area contributed by atoms with Gasteiger partial charge in [0.1, 0.15) is 0 Å². The summed E-state index contributed by atoms with van der Waals surface area (Å²) in [5.74, 6) is 0.513. The molecule has 3 nitrogen and oxygen atoms in total. The third-order valence-corrected chi connectivity index (χ3v) is 5.20. The summed E-state index contributed by atoms with van der Waals surface area (Å²) in [6.45, 7) is 0.436. The molecule has 2 saturated carbocycles. The molecular weight excluding hydrogens is 286 g/mol. The number of carbonyl (C=O) groups is 1. The molecule has 0 bridgehead atoms. The molecule has 0 aromatic heterocycles. The minimum Gasteiger partial charge on any atom is -0.391 e. The number of hydrogen-bond acceptors (Lipinski definition) is 2. The van der Waals surface area contributed by atoms with E-state index in [9.17, 15) is 9.90 Å². The van der Waals surface area contributed by atoms with Crippen molar-refractivity contribution >= 4 is 17.5 Å². The van der Waals surface area contributed by atoms with E-state index < -0.39 is 5.41 Å². The highest BCUT2D eigenvalue weighted by molar-refractivity contribution is 6.30. The maximum Gasteiger partial charge on any atom is 0.233 e. The fraction of sp³-hybridized carbons (Fsp3) is 0.588. The smallest absolute Gasteiger partial charge is 0.233 e. The van der Waals surface area contributed by atoms with Gasteiger partial charge in [0.15, 0.2) is 0 Å². The Morgan fingerprint density at radius 1 is 1.48 bits per heavy atom. The third-order valence-electron chi connectivity index (χ3n) is 4.97. The molecular formula is C17H22ClNO2. The Hall–Kier alpha value is -1.06.